The van der Waals surface area contributed by atoms with E-state index in [2.05, 4.69) is 5.32 Å². The summed E-state index contributed by atoms with van der Waals surface area (Å²) in [6.45, 7) is 3.78. The van der Waals surface area contributed by atoms with Gasteiger partial charge in [-0.25, -0.2) is 8.42 Å². The number of ether oxygens (including phenoxy) is 1. The van der Waals surface area contributed by atoms with Crippen LogP contribution in [0.3, 0.4) is 0 Å². The number of aryl methyl sites for hydroxylation is 1. The van der Waals surface area contributed by atoms with Crippen LogP contribution in [0.1, 0.15) is 12.5 Å². The Bertz CT molecular complexity index is 1130. The van der Waals surface area contributed by atoms with Gasteiger partial charge >= 0.3 is 0 Å². The average Bonchev–Trinajstić information content (AvgIpc) is 2.75. The second-order valence-electron chi connectivity index (χ2n) is 6.82. The van der Waals surface area contributed by atoms with Crippen LogP contribution in [0, 0.1) is 6.92 Å². The van der Waals surface area contributed by atoms with E-state index < -0.39 is 10.0 Å². The van der Waals surface area contributed by atoms with E-state index in [0.29, 0.717) is 22.1 Å². The standard InChI is InChI=1S/C23H23ClN2O4S/c1-3-26(31(28,29)22-14-4-17(2)5-15-22)20-10-12-21(13-11-20)30-16-23(27)25-19-8-6-18(24)7-9-19/h4-15H,3,16H2,1-2H3,(H,25,27). The number of hydrogen-bond acceptors (Lipinski definition) is 4. The van der Waals surface area contributed by atoms with Crippen molar-refractivity contribution in [1.29, 1.82) is 0 Å². The number of amides is 1. The molecule has 0 saturated heterocycles. The van der Waals surface area contributed by atoms with Gasteiger partial charge in [0.2, 0.25) is 0 Å². The van der Waals surface area contributed by atoms with Crippen molar-refractivity contribution in [2.24, 2.45) is 0 Å². The number of hydrogen-bond donors (Lipinski definition) is 1. The van der Waals surface area contributed by atoms with Crippen molar-refractivity contribution in [2.75, 3.05) is 22.8 Å². The van der Waals surface area contributed by atoms with Crippen LogP contribution in [0.4, 0.5) is 11.4 Å². The molecular weight excluding hydrogens is 436 g/mol. The molecule has 8 heteroatoms. The molecule has 0 unspecified atom stereocenters. The Kier molecular flexibility index (Phi) is 7.20. The smallest absolute Gasteiger partial charge is 0.264 e. The number of anilines is 2. The van der Waals surface area contributed by atoms with Gasteiger partial charge in [0, 0.05) is 17.3 Å². The van der Waals surface area contributed by atoms with Crippen LogP contribution in [0.25, 0.3) is 0 Å². The quantitative estimate of drug-likeness (QED) is 0.522. The number of nitrogens with zero attached hydrogens (tertiary/aromatic N) is 1. The summed E-state index contributed by atoms with van der Waals surface area (Å²) in [5, 5.41) is 3.29. The van der Waals surface area contributed by atoms with Gasteiger partial charge in [-0.1, -0.05) is 29.3 Å². The van der Waals surface area contributed by atoms with Gasteiger partial charge in [-0.3, -0.25) is 9.10 Å². The summed E-state index contributed by atoms with van der Waals surface area (Å²) >= 11 is 5.83. The largest absolute Gasteiger partial charge is 0.484 e. The van der Waals surface area contributed by atoms with Gasteiger partial charge in [0.15, 0.2) is 6.61 Å². The number of sulfonamides is 1. The van der Waals surface area contributed by atoms with Crippen LogP contribution in [-0.2, 0) is 14.8 Å². The summed E-state index contributed by atoms with van der Waals surface area (Å²) in [6.07, 6.45) is 0. The molecule has 3 aromatic carbocycles. The van der Waals surface area contributed by atoms with Gasteiger partial charge in [-0.05, 0) is 74.5 Å². The molecule has 0 aliphatic rings. The topological polar surface area (TPSA) is 75.7 Å². The molecule has 0 radical (unpaired) electrons. The first-order valence-corrected chi connectivity index (χ1v) is 11.5. The highest BCUT2D eigenvalue weighted by molar-refractivity contribution is 7.92. The summed E-state index contributed by atoms with van der Waals surface area (Å²) in [7, 11) is -3.68. The molecule has 6 nitrogen and oxygen atoms in total. The van der Waals surface area contributed by atoms with Crippen molar-refractivity contribution in [3.05, 3.63) is 83.4 Å². The summed E-state index contributed by atoms with van der Waals surface area (Å²) in [6, 6.07) is 20.1. The number of benzene rings is 3. The second kappa shape index (κ2) is 9.85. The van der Waals surface area contributed by atoms with E-state index in [9.17, 15) is 13.2 Å². The molecule has 31 heavy (non-hydrogen) atoms. The van der Waals surface area contributed by atoms with E-state index >= 15 is 0 Å². The lowest BCUT2D eigenvalue weighted by Gasteiger charge is -2.23. The minimum atomic E-state index is -3.68. The second-order valence-corrected chi connectivity index (χ2v) is 9.12. The van der Waals surface area contributed by atoms with E-state index in [1.165, 1.54) is 4.31 Å². The number of nitrogens with one attached hydrogen (secondary N) is 1. The van der Waals surface area contributed by atoms with Crippen molar-refractivity contribution < 1.29 is 17.9 Å². The molecule has 3 aromatic rings. The van der Waals surface area contributed by atoms with Crippen LogP contribution in [-0.4, -0.2) is 27.5 Å². The fourth-order valence-corrected chi connectivity index (χ4v) is 4.52. The SMILES string of the molecule is CCN(c1ccc(OCC(=O)Nc2ccc(Cl)cc2)cc1)S(=O)(=O)c1ccc(C)cc1. The summed E-state index contributed by atoms with van der Waals surface area (Å²) < 4.78 is 32.8. The Morgan fingerprint density at radius 3 is 2.16 bits per heavy atom. The van der Waals surface area contributed by atoms with Crippen molar-refractivity contribution in [1.82, 2.24) is 0 Å². The summed E-state index contributed by atoms with van der Waals surface area (Å²) in [4.78, 5) is 12.3. The van der Waals surface area contributed by atoms with E-state index in [0.717, 1.165) is 5.56 Å². The molecule has 1 amide bonds. The number of rotatable bonds is 8. The van der Waals surface area contributed by atoms with Gasteiger partial charge in [-0.15, -0.1) is 0 Å². The molecule has 1 N–H and O–H groups in total. The molecule has 0 fully saturated rings. The highest BCUT2D eigenvalue weighted by atomic mass is 35.5. The lowest BCUT2D eigenvalue weighted by molar-refractivity contribution is -0.118. The highest BCUT2D eigenvalue weighted by Gasteiger charge is 2.23. The van der Waals surface area contributed by atoms with Crippen LogP contribution >= 0.6 is 11.6 Å². The Hall–Kier alpha value is -3.03. The average molecular weight is 459 g/mol. The molecule has 0 spiro atoms. The lowest BCUT2D eigenvalue weighted by atomic mass is 10.2. The fourth-order valence-electron chi connectivity index (χ4n) is 2.92. The van der Waals surface area contributed by atoms with Crippen LogP contribution in [0.5, 0.6) is 5.75 Å². The normalized spacial score (nSPS) is 11.1. The van der Waals surface area contributed by atoms with Gasteiger partial charge in [0.25, 0.3) is 15.9 Å². The Labute approximate surface area is 187 Å². The summed E-state index contributed by atoms with van der Waals surface area (Å²) in [5.74, 6) is 0.141. The predicted molar refractivity (Wildman–Crippen MR) is 123 cm³/mol. The van der Waals surface area contributed by atoms with Gasteiger partial charge in [0.05, 0.1) is 10.6 Å². The Morgan fingerprint density at radius 2 is 1.58 bits per heavy atom. The maximum Gasteiger partial charge on any atom is 0.264 e. The zero-order valence-corrected chi connectivity index (χ0v) is 18.8. The van der Waals surface area contributed by atoms with Gasteiger partial charge in [0.1, 0.15) is 5.75 Å². The van der Waals surface area contributed by atoms with Crippen LogP contribution in [0.2, 0.25) is 5.02 Å². The van der Waals surface area contributed by atoms with E-state index in [-0.39, 0.29) is 24.0 Å². The Balaban J connectivity index is 1.64. The zero-order chi connectivity index (χ0) is 22.4. The molecule has 0 heterocycles. The third kappa shape index (κ3) is 5.77. The summed E-state index contributed by atoms with van der Waals surface area (Å²) in [5.41, 5.74) is 2.12. The van der Waals surface area contributed by atoms with Gasteiger partial charge < -0.3 is 10.1 Å². The van der Waals surface area contributed by atoms with E-state index in [4.69, 9.17) is 16.3 Å². The molecule has 0 aliphatic carbocycles. The van der Waals surface area contributed by atoms with E-state index in [1.54, 1.807) is 79.7 Å². The minimum absolute atomic E-state index is 0.179. The Morgan fingerprint density at radius 1 is 0.968 bits per heavy atom. The third-order valence-corrected chi connectivity index (χ3v) is 6.69. The van der Waals surface area contributed by atoms with Crippen molar-refractivity contribution in [3.63, 3.8) is 0 Å². The van der Waals surface area contributed by atoms with Crippen LogP contribution < -0.4 is 14.4 Å². The minimum Gasteiger partial charge on any atom is -0.484 e. The van der Waals surface area contributed by atoms with Crippen molar-refractivity contribution in [2.45, 2.75) is 18.7 Å². The monoisotopic (exact) mass is 458 g/mol. The maximum absolute atomic E-state index is 13.0. The molecule has 0 aromatic heterocycles. The molecule has 3 rings (SSSR count). The number of halogens is 1. The third-order valence-electron chi connectivity index (χ3n) is 4.52. The van der Waals surface area contributed by atoms with Crippen molar-refractivity contribution >= 4 is 38.9 Å². The number of carbonyl (C=O) groups excluding carboxylic acids is 1. The zero-order valence-electron chi connectivity index (χ0n) is 17.2. The lowest BCUT2D eigenvalue weighted by Crippen LogP contribution is -2.30. The molecule has 0 atom stereocenters. The van der Waals surface area contributed by atoms with E-state index in [1.807, 2.05) is 6.92 Å². The first kappa shape index (κ1) is 22.7. The molecule has 0 bridgehead atoms. The molecule has 0 aliphatic heterocycles. The highest BCUT2D eigenvalue weighted by Crippen LogP contribution is 2.26. The number of carbonyl (C=O) groups is 1. The van der Waals surface area contributed by atoms with Crippen molar-refractivity contribution in [3.8, 4) is 5.75 Å². The molecular formula is C23H23ClN2O4S. The first-order valence-electron chi connectivity index (χ1n) is 9.67. The molecule has 162 valence electrons. The molecule has 0 saturated carbocycles. The fraction of sp³-hybridized carbons (Fsp3) is 0.174. The van der Waals surface area contributed by atoms with Gasteiger partial charge in [-0.2, -0.15) is 0 Å². The predicted octanol–water partition coefficient (Wildman–Crippen LogP) is 4.88. The first-order chi connectivity index (χ1) is 14.8. The maximum atomic E-state index is 13.0. The van der Waals surface area contributed by atoms with Crippen LogP contribution in [0.15, 0.2) is 77.7 Å².